The van der Waals surface area contributed by atoms with E-state index in [1.807, 2.05) is 0 Å². The van der Waals surface area contributed by atoms with E-state index in [-0.39, 0.29) is 16.7 Å². The molecule has 0 aliphatic carbocycles. The Morgan fingerprint density at radius 3 is 2.54 bits per heavy atom. The second-order valence-corrected chi connectivity index (χ2v) is 5.06. The van der Waals surface area contributed by atoms with Gasteiger partial charge in [0, 0.05) is 28.2 Å². The molecule has 1 N–H and O–H groups in total. The number of allylic oxidation sites excluding steroid dienone is 1. The van der Waals surface area contributed by atoms with Crippen molar-refractivity contribution in [2.45, 2.75) is 0 Å². The minimum atomic E-state index is -0.752. The van der Waals surface area contributed by atoms with Crippen molar-refractivity contribution in [2.75, 3.05) is 0 Å². The summed E-state index contributed by atoms with van der Waals surface area (Å²) >= 11 is 0. The van der Waals surface area contributed by atoms with Crippen LogP contribution >= 0.6 is 0 Å². The van der Waals surface area contributed by atoms with E-state index in [2.05, 4.69) is 4.98 Å². The minimum absolute atomic E-state index is 0.148. The Kier molecular flexibility index (Phi) is 3.92. The van der Waals surface area contributed by atoms with Gasteiger partial charge in [-0.2, -0.15) is 5.26 Å². The molecule has 118 valence electrons. The van der Waals surface area contributed by atoms with E-state index < -0.39 is 23.2 Å². The van der Waals surface area contributed by atoms with Crippen molar-refractivity contribution >= 4 is 22.8 Å². The Labute approximate surface area is 134 Å². The fourth-order valence-corrected chi connectivity index (χ4v) is 2.36. The molecule has 3 nitrogen and oxygen atoms in total. The van der Waals surface area contributed by atoms with Crippen LogP contribution in [0.5, 0.6) is 0 Å². The zero-order valence-corrected chi connectivity index (χ0v) is 12.1. The summed E-state index contributed by atoms with van der Waals surface area (Å²) in [5, 5.41) is 9.64. The van der Waals surface area contributed by atoms with Gasteiger partial charge < -0.3 is 4.98 Å². The molecular formula is C18H9F3N2O. The van der Waals surface area contributed by atoms with E-state index in [0.717, 1.165) is 24.3 Å². The Morgan fingerprint density at radius 1 is 1.08 bits per heavy atom. The van der Waals surface area contributed by atoms with Crippen LogP contribution in [0.3, 0.4) is 0 Å². The molecule has 0 atom stereocenters. The highest BCUT2D eigenvalue weighted by molar-refractivity contribution is 6.19. The van der Waals surface area contributed by atoms with Crippen LogP contribution in [0, 0.1) is 28.8 Å². The molecule has 0 aliphatic rings. The molecule has 3 rings (SSSR count). The molecule has 0 saturated carbocycles. The summed E-state index contributed by atoms with van der Waals surface area (Å²) in [6.45, 7) is 0. The summed E-state index contributed by atoms with van der Waals surface area (Å²) in [7, 11) is 0. The Hall–Kier alpha value is -3.33. The molecule has 0 saturated heterocycles. The van der Waals surface area contributed by atoms with Gasteiger partial charge in [0.25, 0.3) is 0 Å². The topological polar surface area (TPSA) is 56.6 Å². The third-order valence-electron chi connectivity index (χ3n) is 3.51. The number of nitriles is 1. The molecule has 0 aliphatic heterocycles. The number of nitrogens with one attached hydrogen (secondary N) is 1. The van der Waals surface area contributed by atoms with Gasteiger partial charge in [0.15, 0.2) is 0 Å². The van der Waals surface area contributed by atoms with Crippen LogP contribution in [0.15, 0.2) is 48.2 Å². The van der Waals surface area contributed by atoms with Gasteiger partial charge in [-0.05, 0) is 42.5 Å². The number of aromatic amines is 1. The molecule has 0 unspecified atom stereocenters. The number of hydrogen-bond donors (Lipinski definition) is 1. The number of hydrogen-bond acceptors (Lipinski definition) is 2. The van der Waals surface area contributed by atoms with Gasteiger partial charge in [-0.1, -0.05) is 0 Å². The summed E-state index contributed by atoms with van der Waals surface area (Å²) < 4.78 is 40.1. The van der Waals surface area contributed by atoms with E-state index in [1.165, 1.54) is 24.4 Å². The average molecular weight is 326 g/mol. The lowest BCUT2D eigenvalue weighted by Gasteiger charge is -2.01. The van der Waals surface area contributed by atoms with Crippen molar-refractivity contribution < 1.29 is 18.0 Å². The van der Waals surface area contributed by atoms with Gasteiger partial charge in [0.1, 0.15) is 29.1 Å². The number of halogens is 3. The lowest BCUT2D eigenvalue weighted by molar-refractivity contribution is 0.104. The van der Waals surface area contributed by atoms with Gasteiger partial charge in [-0.3, -0.25) is 4.79 Å². The van der Waals surface area contributed by atoms with Crippen molar-refractivity contribution in [3.63, 3.8) is 0 Å². The van der Waals surface area contributed by atoms with Crippen LogP contribution in [0.1, 0.15) is 15.9 Å². The highest BCUT2D eigenvalue weighted by Crippen LogP contribution is 2.23. The maximum Gasteiger partial charge on any atom is 0.205 e. The first kappa shape index (κ1) is 15.6. The number of ketones is 1. The van der Waals surface area contributed by atoms with Gasteiger partial charge >= 0.3 is 0 Å². The lowest BCUT2D eigenvalue weighted by Crippen LogP contribution is -2.01. The van der Waals surface area contributed by atoms with Crippen molar-refractivity contribution in [2.24, 2.45) is 0 Å². The third kappa shape index (κ3) is 2.79. The number of carbonyl (C=O) groups is 1. The summed E-state index contributed by atoms with van der Waals surface area (Å²) in [5.74, 6) is -2.58. The smallest absolute Gasteiger partial charge is 0.205 e. The van der Waals surface area contributed by atoms with E-state index in [0.29, 0.717) is 10.9 Å². The number of Topliss-reactive ketones (excluding diaryl/α,β-unsaturated/α-hetero) is 1. The van der Waals surface area contributed by atoms with Gasteiger partial charge in [0.2, 0.25) is 5.78 Å². The zero-order chi connectivity index (χ0) is 17.3. The standard InChI is InChI=1S/C18H9F3N2O/c19-12-2-4-16(21)10(6-12)5-11(8-22)18(24)15-9-23-17-7-13(20)1-3-14(15)17/h1-7,9,23H/b11-5+. The molecule has 0 bridgehead atoms. The Bertz CT molecular complexity index is 1030. The largest absolute Gasteiger partial charge is 0.360 e. The average Bonchev–Trinajstić information content (AvgIpc) is 2.97. The second kappa shape index (κ2) is 6.05. The number of fused-ring (bicyclic) bond motifs is 1. The number of benzene rings is 2. The SMILES string of the molecule is N#C/C(=C\c1cc(F)ccc1F)C(=O)c1c[nH]c2cc(F)ccc12. The Balaban J connectivity index is 2.07. The van der Waals surface area contributed by atoms with E-state index in [1.54, 1.807) is 6.07 Å². The predicted molar refractivity (Wildman–Crippen MR) is 82.5 cm³/mol. The van der Waals surface area contributed by atoms with Crippen LogP contribution in [-0.4, -0.2) is 10.8 Å². The first-order valence-electron chi connectivity index (χ1n) is 6.88. The zero-order valence-electron chi connectivity index (χ0n) is 12.1. The minimum Gasteiger partial charge on any atom is -0.360 e. The molecule has 0 radical (unpaired) electrons. The molecular weight excluding hydrogens is 317 g/mol. The molecule has 6 heteroatoms. The first-order chi connectivity index (χ1) is 11.5. The molecule has 0 spiro atoms. The van der Waals surface area contributed by atoms with Crippen molar-refractivity contribution in [1.82, 2.24) is 4.98 Å². The molecule has 24 heavy (non-hydrogen) atoms. The van der Waals surface area contributed by atoms with Crippen LogP contribution < -0.4 is 0 Å². The normalized spacial score (nSPS) is 11.5. The first-order valence-corrected chi connectivity index (χ1v) is 6.88. The van der Waals surface area contributed by atoms with E-state index in [9.17, 15) is 23.2 Å². The third-order valence-corrected chi connectivity index (χ3v) is 3.51. The van der Waals surface area contributed by atoms with Crippen LogP contribution in [0.4, 0.5) is 13.2 Å². The van der Waals surface area contributed by atoms with E-state index >= 15 is 0 Å². The predicted octanol–water partition coefficient (Wildman–Crippen LogP) is 4.38. The van der Waals surface area contributed by atoms with Gasteiger partial charge in [-0.25, -0.2) is 13.2 Å². The lowest BCUT2D eigenvalue weighted by atomic mass is 10.0. The number of nitrogens with zero attached hydrogens (tertiary/aromatic N) is 1. The highest BCUT2D eigenvalue weighted by atomic mass is 19.1. The second-order valence-electron chi connectivity index (χ2n) is 5.06. The van der Waals surface area contributed by atoms with Crippen LogP contribution in [0.2, 0.25) is 0 Å². The molecule has 1 heterocycles. The molecule has 3 aromatic rings. The quantitative estimate of drug-likeness (QED) is 0.441. The number of aromatic nitrogens is 1. The van der Waals surface area contributed by atoms with Gasteiger partial charge in [-0.15, -0.1) is 0 Å². The number of H-pyrrole nitrogens is 1. The molecule has 0 fully saturated rings. The monoisotopic (exact) mass is 326 g/mol. The highest BCUT2D eigenvalue weighted by Gasteiger charge is 2.17. The van der Waals surface area contributed by atoms with Crippen LogP contribution in [0.25, 0.3) is 17.0 Å². The number of rotatable bonds is 3. The van der Waals surface area contributed by atoms with Crippen molar-refractivity contribution in [3.05, 3.63) is 76.7 Å². The Morgan fingerprint density at radius 2 is 1.79 bits per heavy atom. The summed E-state index contributed by atoms with van der Waals surface area (Å²) in [6, 6.07) is 8.26. The summed E-state index contributed by atoms with van der Waals surface area (Å²) in [4.78, 5) is 15.3. The van der Waals surface area contributed by atoms with Crippen molar-refractivity contribution in [1.29, 1.82) is 5.26 Å². The summed E-state index contributed by atoms with van der Waals surface area (Å²) in [5.41, 5.74) is -0.0160. The van der Waals surface area contributed by atoms with E-state index in [4.69, 9.17) is 0 Å². The fourth-order valence-electron chi connectivity index (χ4n) is 2.36. The fraction of sp³-hybridized carbons (Fsp3) is 0. The maximum absolute atomic E-state index is 13.7. The van der Waals surface area contributed by atoms with Crippen molar-refractivity contribution in [3.8, 4) is 6.07 Å². The van der Waals surface area contributed by atoms with Crippen LogP contribution in [-0.2, 0) is 0 Å². The molecule has 1 aromatic heterocycles. The summed E-state index contributed by atoms with van der Waals surface area (Å²) in [6.07, 6.45) is 2.34. The number of carbonyl (C=O) groups excluding carboxylic acids is 1. The maximum atomic E-state index is 13.7. The molecule has 2 aromatic carbocycles. The molecule has 0 amide bonds. The van der Waals surface area contributed by atoms with Gasteiger partial charge in [0.05, 0.1) is 0 Å².